The molecule has 0 spiro atoms. The van der Waals surface area contributed by atoms with Crippen LogP contribution in [0.15, 0.2) is 17.0 Å². The summed E-state index contributed by atoms with van der Waals surface area (Å²) in [6.07, 6.45) is 7.62. The Bertz CT molecular complexity index is 271. The van der Waals surface area contributed by atoms with Gasteiger partial charge in [0.25, 0.3) is 0 Å². The molecule has 1 saturated carbocycles. The second-order valence-corrected chi connectivity index (χ2v) is 4.33. The van der Waals surface area contributed by atoms with Crippen LogP contribution < -0.4 is 5.32 Å². The number of nitrogens with zero attached hydrogens (tertiary/aromatic N) is 1. The van der Waals surface area contributed by atoms with Crippen LogP contribution >= 0.6 is 0 Å². The Morgan fingerprint density at radius 2 is 2.38 bits per heavy atom. The van der Waals surface area contributed by atoms with Crippen LogP contribution in [0, 0.1) is 5.92 Å². The van der Waals surface area contributed by atoms with Crippen LogP contribution in [0.3, 0.4) is 0 Å². The summed E-state index contributed by atoms with van der Waals surface area (Å²) in [5, 5.41) is 7.33. The van der Waals surface area contributed by atoms with Gasteiger partial charge in [-0.1, -0.05) is 5.16 Å². The molecule has 2 aliphatic rings. The van der Waals surface area contributed by atoms with E-state index in [4.69, 9.17) is 4.52 Å². The highest BCUT2D eigenvalue weighted by molar-refractivity contribution is 5.12. The minimum atomic E-state index is 0.685. The minimum Gasteiger partial charge on any atom is -0.364 e. The van der Waals surface area contributed by atoms with Gasteiger partial charge in [-0.15, -0.1) is 0 Å². The summed E-state index contributed by atoms with van der Waals surface area (Å²) in [6.45, 7) is 1.21. The van der Waals surface area contributed by atoms with Crippen LogP contribution in [0.25, 0.3) is 0 Å². The highest BCUT2D eigenvalue weighted by atomic mass is 16.5. The molecule has 70 valence electrons. The summed E-state index contributed by atoms with van der Waals surface area (Å²) in [6, 6.07) is 0.749. The van der Waals surface area contributed by atoms with E-state index < -0.39 is 0 Å². The molecule has 1 saturated heterocycles. The fraction of sp³-hybridized carbons (Fsp3) is 0.700. The number of aromatic nitrogens is 1. The third-order valence-corrected chi connectivity index (χ3v) is 3.42. The Morgan fingerprint density at radius 3 is 3.15 bits per heavy atom. The average Bonchev–Trinajstić information content (AvgIpc) is 2.75. The molecular weight excluding hydrogens is 164 g/mol. The molecule has 0 radical (unpaired) electrons. The van der Waals surface area contributed by atoms with E-state index in [-0.39, 0.29) is 0 Å². The van der Waals surface area contributed by atoms with Gasteiger partial charge in [-0.05, 0) is 37.6 Å². The van der Waals surface area contributed by atoms with Gasteiger partial charge in [-0.2, -0.15) is 0 Å². The van der Waals surface area contributed by atoms with Crippen molar-refractivity contribution >= 4 is 0 Å². The Morgan fingerprint density at radius 1 is 1.38 bits per heavy atom. The van der Waals surface area contributed by atoms with Gasteiger partial charge >= 0.3 is 0 Å². The van der Waals surface area contributed by atoms with Gasteiger partial charge in [0.1, 0.15) is 6.26 Å². The number of hydrogen-bond donors (Lipinski definition) is 1. The molecule has 0 aromatic carbocycles. The van der Waals surface area contributed by atoms with Gasteiger partial charge in [0, 0.05) is 11.6 Å². The highest BCUT2D eigenvalue weighted by Gasteiger charge is 2.34. The van der Waals surface area contributed by atoms with Gasteiger partial charge in [0.05, 0.1) is 6.20 Å². The Labute approximate surface area is 77.5 Å². The number of nitrogens with one attached hydrogen (secondary N) is 1. The number of hydrogen-bond acceptors (Lipinski definition) is 3. The standard InChI is InChI=1S/C10H14N2O/c1-7-2-10(11-4-7)3-8(1)9-5-12-13-6-9/h5-8,10-11H,1-4H2. The fourth-order valence-electron chi connectivity index (χ4n) is 2.79. The van der Waals surface area contributed by atoms with Crippen molar-refractivity contribution in [3.8, 4) is 0 Å². The summed E-state index contributed by atoms with van der Waals surface area (Å²) in [5.74, 6) is 1.57. The Balaban J connectivity index is 1.80. The Hall–Kier alpha value is -0.830. The van der Waals surface area contributed by atoms with Crippen molar-refractivity contribution in [2.45, 2.75) is 31.2 Å². The topological polar surface area (TPSA) is 38.1 Å². The molecular formula is C10H14N2O. The third-order valence-electron chi connectivity index (χ3n) is 3.42. The molecule has 3 nitrogen and oxygen atoms in total. The number of rotatable bonds is 1. The molecule has 1 N–H and O–H groups in total. The largest absolute Gasteiger partial charge is 0.364 e. The first-order valence-electron chi connectivity index (χ1n) is 5.04. The molecule has 1 aliphatic carbocycles. The van der Waals surface area contributed by atoms with Crippen LogP contribution in [-0.2, 0) is 0 Å². The van der Waals surface area contributed by atoms with Gasteiger partial charge in [0.15, 0.2) is 0 Å². The van der Waals surface area contributed by atoms with Crippen molar-refractivity contribution in [3.63, 3.8) is 0 Å². The second kappa shape index (κ2) is 2.84. The van der Waals surface area contributed by atoms with Gasteiger partial charge in [0.2, 0.25) is 0 Å². The first-order valence-corrected chi connectivity index (χ1v) is 5.04. The monoisotopic (exact) mass is 178 g/mol. The fourth-order valence-corrected chi connectivity index (χ4v) is 2.79. The van der Waals surface area contributed by atoms with Crippen molar-refractivity contribution in [2.24, 2.45) is 5.92 Å². The lowest BCUT2D eigenvalue weighted by Crippen LogP contribution is -2.23. The summed E-state index contributed by atoms with van der Waals surface area (Å²) >= 11 is 0. The van der Waals surface area contributed by atoms with Crippen LogP contribution in [0.5, 0.6) is 0 Å². The van der Waals surface area contributed by atoms with E-state index in [0.29, 0.717) is 5.92 Å². The first-order chi connectivity index (χ1) is 6.42. The SMILES string of the molecule is c1nocc1C1CC2CNC(C2)C1. The smallest absolute Gasteiger partial charge is 0.127 e. The molecule has 2 fully saturated rings. The summed E-state index contributed by atoms with van der Waals surface area (Å²) < 4.78 is 4.89. The zero-order valence-corrected chi connectivity index (χ0v) is 7.57. The van der Waals surface area contributed by atoms with Crippen molar-refractivity contribution in [1.29, 1.82) is 0 Å². The van der Waals surface area contributed by atoms with Gasteiger partial charge in [-0.25, -0.2) is 0 Å². The van der Waals surface area contributed by atoms with Gasteiger partial charge in [-0.3, -0.25) is 0 Å². The predicted octanol–water partition coefficient (Wildman–Crippen LogP) is 1.53. The quantitative estimate of drug-likeness (QED) is 0.708. The summed E-state index contributed by atoms with van der Waals surface area (Å²) in [4.78, 5) is 0. The van der Waals surface area contributed by atoms with Crippen LogP contribution in [-0.4, -0.2) is 17.7 Å². The molecule has 1 aromatic heterocycles. The lowest BCUT2D eigenvalue weighted by Gasteiger charge is -2.25. The molecule has 1 aliphatic heterocycles. The zero-order chi connectivity index (χ0) is 8.67. The van der Waals surface area contributed by atoms with Crippen molar-refractivity contribution in [1.82, 2.24) is 10.5 Å². The molecule has 1 aromatic rings. The lowest BCUT2D eigenvalue weighted by molar-refractivity contribution is 0.361. The Kier molecular flexibility index (Phi) is 1.65. The van der Waals surface area contributed by atoms with Crippen molar-refractivity contribution in [2.75, 3.05) is 6.54 Å². The van der Waals surface area contributed by atoms with E-state index >= 15 is 0 Å². The van der Waals surface area contributed by atoms with E-state index in [9.17, 15) is 0 Å². The molecule has 3 unspecified atom stereocenters. The highest BCUT2D eigenvalue weighted by Crippen LogP contribution is 2.38. The predicted molar refractivity (Wildman–Crippen MR) is 48.4 cm³/mol. The maximum atomic E-state index is 4.89. The van der Waals surface area contributed by atoms with E-state index in [2.05, 4.69) is 10.5 Å². The van der Waals surface area contributed by atoms with Crippen LogP contribution in [0.1, 0.15) is 30.7 Å². The maximum Gasteiger partial charge on any atom is 0.127 e. The molecule has 2 heterocycles. The van der Waals surface area contributed by atoms with Gasteiger partial charge < -0.3 is 9.84 Å². The summed E-state index contributed by atoms with van der Waals surface area (Å²) in [7, 11) is 0. The van der Waals surface area contributed by atoms with Crippen molar-refractivity contribution < 1.29 is 4.52 Å². The molecule has 3 rings (SSSR count). The molecule has 2 bridgehead atoms. The lowest BCUT2D eigenvalue weighted by atomic mass is 9.79. The van der Waals surface area contributed by atoms with E-state index in [1.165, 1.54) is 31.4 Å². The van der Waals surface area contributed by atoms with E-state index in [1.807, 2.05) is 6.20 Å². The second-order valence-electron chi connectivity index (χ2n) is 4.33. The number of fused-ring (bicyclic) bond motifs is 2. The van der Waals surface area contributed by atoms with E-state index in [1.54, 1.807) is 6.26 Å². The average molecular weight is 178 g/mol. The normalized spacial score (nSPS) is 38.0. The molecule has 13 heavy (non-hydrogen) atoms. The zero-order valence-electron chi connectivity index (χ0n) is 7.57. The van der Waals surface area contributed by atoms with Crippen LogP contribution in [0.4, 0.5) is 0 Å². The minimum absolute atomic E-state index is 0.685. The van der Waals surface area contributed by atoms with Crippen molar-refractivity contribution in [3.05, 3.63) is 18.0 Å². The molecule has 3 heteroatoms. The van der Waals surface area contributed by atoms with E-state index in [0.717, 1.165) is 12.0 Å². The molecule has 3 atom stereocenters. The molecule has 0 amide bonds. The van der Waals surface area contributed by atoms with Crippen LogP contribution in [0.2, 0.25) is 0 Å². The maximum absolute atomic E-state index is 4.89. The summed E-state index contributed by atoms with van der Waals surface area (Å²) in [5.41, 5.74) is 1.29. The third kappa shape index (κ3) is 1.27. The first kappa shape index (κ1) is 7.56.